The van der Waals surface area contributed by atoms with Gasteiger partial charge < -0.3 is 31.5 Å². The molecule has 316 valence electrons. The van der Waals surface area contributed by atoms with Gasteiger partial charge in [0.15, 0.2) is 0 Å². The number of unbranched alkanes of at least 4 members (excludes halogenated alkanes) is 2. The van der Waals surface area contributed by atoms with E-state index in [4.69, 9.17) is 0 Å². The normalized spacial score (nSPS) is 12.7. The van der Waals surface area contributed by atoms with E-state index >= 15 is 0 Å². The van der Waals surface area contributed by atoms with Gasteiger partial charge in [0.1, 0.15) is 24.8 Å². The predicted octanol–water partition coefficient (Wildman–Crippen LogP) is 5.87. The lowest BCUT2D eigenvalue weighted by Crippen LogP contribution is -2.39. The number of hydrogen-bond acceptors (Lipinski definition) is 6. The second-order valence-electron chi connectivity index (χ2n) is 15.0. The number of aliphatic imine (C=N–C) groups is 2. The largest absolute Gasteiger partial charge is 0.853 e. The molecule has 0 aliphatic rings. The number of urea groups is 2. The first kappa shape index (κ1) is 46.7. The van der Waals surface area contributed by atoms with Crippen LogP contribution in [0.25, 0.3) is 0 Å². The van der Waals surface area contributed by atoms with Crippen molar-refractivity contribution in [2.75, 3.05) is 23.7 Å². The molecule has 0 spiro atoms. The predicted molar refractivity (Wildman–Crippen MR) is 229 cm³/mol. The van der Waals surface area contributed by atoms with Crippen molar-refractivity contribution < 1.29 is 28.9 Å². The number of carbonyl (C=O) groups excluding carboxylic acids is 2. The molecule has 4 rings (SSSR count). The fourth-order valence-corrected chi connectivity index (χ4v) is 6.43. The molecule has 0 fully saturated rings. The van der Waals surface area contributed by atoms with E-state index in [0.29, 0.717) is 59.3 Å². The van der Waals surface area contributed by atoms with E-state index < -0.39 is 0 Å². The molecule has 4 aromatic rings. The number of carbonyl (C=O) groups is 2. The van der Waals surface area contributed by atoms with Gasteiger partial charge in [0.2, 0.25) is 0 Å². The first-order valence-electron chi connectivity index (χ1n) is 20.6. The number of rotatable bonds is 18. The molecule has 0 radical (unpaired) electrons. The molecule has 14 heteroatoms. The number of nitrogens with one attached hydrogen (secondary N) is 4. The molecule has 2 heterocycles. The molecule has 2 unspecified atom stereocenters. The summed E-state index contributed by atoms with van der Waals surface area (Å²) in [6.45, 7) is 13.8. The fraction of sp³-hybridized carbons (Fsp3) is 0.500. The Kier molecular flexibility index (Phi) is 19.0. The second kappa shape index (κ2) is 23.5. The van der Waals surface area contributed by atoms with Crippen LogP contribution in [0.2, 0.25) is 0 Å². The van der Waals surface area contributed by atoms with Crippen LogP contribution in [0.15, 0.2) is 71.2 Å². The van der Waals surface area contributed by atoms with Gasteiger partial charge in [-0.15, -0.1) is 0 Å². The quantitative estimate of drug-likeness (QED) is 0.0561. The fourth-order valence-electron chi connectivity index (χ4n) is 6.43. The highest BCUT2D eigenvalue weighted by atomic mass is 16.3. The Balaban J connectivity index is 0.000000310. The summed E-state index contributed by atoms with van der Waals surface area (Å²) in [5.74, 6) is 1.29. The maximum atomic E-state index is 12.6. The Morgan fingerprint density at radius 1 is 0.707 bits per heavy atom. The Hall–Kier alpha value is -5.66. The molecule has 2 aromatic heterocycles. The summed E-state index contributed by atoms with van der Waals surface area (Å²) in [5, 5.41) is 36.8. The number of aromatic nitrogens is 4. The number of amides is 4. The van der Waals surface area contributed by atoms with Crippen molar-refractivity contribution in [3.05, 3.63) is 84.0 Å². The molecule has 0 aliphatic heterocycles. The molecule has 0 saturated carbocycles. The Bertz CT molecular complexity index is 1960. The van der Waals surface area contributed by atoms with Crippen LogP contribution in [-0.2, 0) is 28.2 Å². The first-order valence-corrected chi connectivity index (χ1v) is 20.6. The van der Waals surface area contributed by atoms with Gasteiger partial charge in [-0.2, -0.15) is 0 Å². The van der Waals surface area contributed by atoms with Gasteiger partial charge in [0.05, 0.1) is 51.4 Å². The molecule has 4 N–H and O–H groups in total. The van der Waals surface area contributed by atoms with Crippen LogP contribution in [-0.4, -0.2) is 46.1 Å². The van der Waals surface area contributed by atoms with Crippen molar-refractivity contribution in [2.45, 2.75) is 92.9 Å². The number of hydrogen-bond donors (Lipinski definition) is 4. The number of benzene rings is 2. The highest BCUT2D eigenvalue weighted by Crippen LogP contribution is 2.25. The minimum absolute atomic E-state index is 0.236. The third-order valence-corrected chi connectivity index (χ3v) is 10.3. The SMILES string of the molecule is CCCCC(CC)CNC(=O)Nc1cc(N=C([O-])c2n(C)cc[n+]2C)ccc1C.CCCCC(CC)CNC(=O)Nc1ccc(C)c(N=C([O-])c2n(C)cc[n+]2C)c1. The maximum Gasteiger partial charge on any atom is 0.319 e. The average molecular weight is 799 g/mol. The molecule has 58 heavy (non-hydrogen) atoms. The summed E-state index contributed by atoms with van der Waals surface area (Å²) in [7, 11) is 7.22. The van der Waals surface area contributed by atoms with Crippen molar-refractivity contribution in [3.8, 4) is 0 Å². The minimum atomic E-state index is -0.332. The van der Waals surface area contributed by atoms with Crippen LogP contribution in [0, 0.1) is 25.7 Å². The maximum absolute atomic E-state index is 12.6. The van der Waals surface area contributed by atoms with Crippen LogP contribution in [0.1, 0.15) is 102 Å². The lowest BCUT2D eigenvalue weighted by Gasteiger charge is -2.16. The highest BCUT2D eigenvalue weighted by molar-refractivity contribution is 5.92. The van der Waals surface area contributed by atoms with Crippen LogP contribution in [0.4, 0.5) is 32.3 Å². The molecule has 2 aromatic carbocycles. The van der Waals surface area contributed by atoms with E-state index in [-0.39, 0.29) is 23.9 Å². The summed E-state index contributed by atoms with van der Waals surface area (Å²) in [5.41, 5.74) is 4.09. The third-order valence-electron chi connectivity index (χ3n) is 10.3. The molecule has 2 atom stereocenters. The smallest absolute Gasteiger partial charge is 0.319 e. The molecule has 14 nitrogen and oxygen atoms in total. The monoisotopic (exact) mass is 799 g/mol. The minimum Gasteiger partial charge on any atom is -0.853 e. The Labute approximate surface area is 345 Å². The van der Waals surface area contributed by atoms with Gasteiger partial charge in [0, 0.05) is 24.5 Å². The zero-order valence-corrected chi connectivity index (χ0v) is 36.3. The standard InChI is InChI=1S/2C22H33N5O2/c1-6-8-9-17(7-2)15-23-22(29)24-18-11-10-16(3)19(14-18)25-20(28)21-26(4)12-13-27(21)5;1-6-8-9-17(7-2)15-23-22(29)25-19-14-18(11-10-16(19)3)24-20(28)21-26(4)12-13-27(21)5/h2*10-14,17H,6-9,15H2,1-5H3,(H2-,23,24,25,28,29). The van der Waals surface area contributed by atoms with Crippen molar-refractivity contribution in [2.24, 2.45) is 50.0 Å². The lowest BCUT2D eigenvalue weighted by molar-refractivity contribution is -0.674. The number of anilines is 2. The van der Waals surface area contributed by atoms with E-state index in [2.05, 4.69) is 58.9 Å². The zero-order valence-electron chi connectivity index (χ0n) is 36.3. The van der Waals surface area contributed by atoms with Gasteiger partial charge >= 0.3 is 12.1 Å². The van der Waals surface area contributed by atoms with Gasteiger partial charge in [-0.1, -0.05) is 78.4 Å². The molecule has 4 amide bonds. The number of nitrogens with zero attached hydrogens (tertiary/aromatic N) is 6. The molecule has 0 bridgehead atoms. The van der Waals surface area contributed by atoms with Gasteiger partial charge in [-0.3, -0.25) is 9.98 Å². The van der Waals surface area contributed by atoms with Gasteiger partial charge in [0.25, 0.3) is 11.6 Å². The van der Waals surface area contributed by atoms with Crippen LogP contribution >= 0.6 is 0 Å². The van der Waals surface area contributed by atoms with E-state index in [1.165, 1.54) is 12.8 Å². The average Bonchev–Trinajstić information content (AvgIpc) is 3.72. The summed E-state index contributed by atoms with van der Waals surface area (Å²) in [4.78, 5) is 33.1. The lowest BCUT2D eigenvalue weighted by atomic mass is 9.99. The van der Waals surface area contributed by atoms with Crippen LogP contribution < -0.4 is 40.6 Å². The molecule has 0 saturated heterocycles. The number of aryl methyl sites for hydroxylation is 6. The molecular formula is C44H66N10O4. The van der Waals surface area contributed by atoms with E-state index in [0.717, 1.165) is 49.7 Å². The van der Waals surface area contributed by atoms with E-state index in [1.54, 1.807) is 63.0 Å². The van der Waals surface area contributed by atoms with E-state index in [1.807, 2.05) is 58.5 Å². The van der Waals surface area contributed by atoms with Crippen molar-refractivity contribution in [1.29, 1.82) is 0 Å². The summed E-state index contributed by atoms with van der Waals surface area (Å²) in [6.07, 6.45) is 16.3. The van der Waals surface area contributed by atoms with Crippen molar-refractivity contribution in [3.63, 3.8) is 0 Å². The Morgan fingerprint density at radius 2 is 1.21 bits per heavy atom. The van der Waals surface area contributed by atoms with Gasteiger partial charge in [-0.05, 0) is 73.9 Å². The number of imidazole rings is 2. The molecular weight excluding hydrogens is 733 g/mol. The Morgan fingerprint density at radius 3 is 1.69 bits per heavy atom. The summed E-state index contributed by atoms with van der Waals surface area (Å²) >= 11 is 0. The topological polar surface area (TPSA) is 171 Å². The summed E-state index contributed by atoms with van der Waals surface area (Å²) < 4.78 is 6.93. The highest BCUT2D eigenvalue weighted by Gasteiger charge is 2.15. The van der Waals surface area contributed by atoms with Gasteiger partial charge in [-0.25, -0.2) is 27.9 Å². The van der Waals surface area contributed by atoms with E-state index in [9.17, 15) is 19.8 Å². The molecule has 0 aliphatic carbocycles. The zero-order chi connectivity index (χ0) is 42.8. The first-order chi connectivity index (χ1) is 27.7. The van der Waals surface area contributed by atoms with Crippen LogP contribution in [0.3, 0.4) is 0 Å². The second-order valence-corrected chi connectivity index (χ2v) is 15.0. The van der Waals surface area contributed by atoms with Crippen LogP contribution in [0.5, 0.6) is 0 Å². The third kappa shape index (κ3) is 14.4. The summed E-state index contributed by atoms with van der Waals surface area (Å²) in [6, 6.07) is 10.3. The van der Waals surface area contributed by atoms with Crippen molar-refractivity contribution in [1.82, 2.24) is 19.8 Å². The van der Waals surface area contributed by atoms with Crippen molar-refractivity contribution >= 4 is 46.6 Å².